The van der Waals surface area contributed by atoms with E-state index in [4.69, 9.17) is 0 Å². The van der Waals surface area contributed by atoms with Crippen LogP contribution in [-0.2, 0) is 24.2 Å². The highest BCUT2D eigenvalue weighted by Crippen LogP contribution is 2.22. The van der Waals surface area contributed by atoms with Gasteiger partial charge in [0.15, 0.2) is 0 Å². The number of carbonyl (C=O) groups is 2. The van der Waals surface area contributed by atoms with Crippen molar-refractivity contribution in [3.05, 3.63) is 64.7 Å². The van der Waals surface area contributed by atoms with Crippen molar-refractivity contribution in [1.82, 2.24) is 9.80 Å². The zero-order chi connectivity index (χ0) is 18.7. The van der Waals surface area contributed by atoms with Gasteiger partial charge >= 0.3 is 6.03 Å². The van der Waals surface area contributed by atoms with Gasteiger partial charge in [-0.05, 0) is 36.1 Å². The molecule has 1 heterocycles. The van der Waals surface area contributed by atoms with E-state index < -0.39 is 0 Å². The molecule has 3 rings (SSSR count). The van der Waals surface area contributed by atoms with Crippen LogP contribution in [0.25, 0.3) is 0 Å². The van der Waals surface area contributed by atoms with Crippen molar-refractivity contribution in [3.63, 3.8) is 0 Å². The number of para-hydroxylation sites is 1. The minimum Gasteiger partial charge on any atom is -0.349 e. The first-order chi connectivity index (χ1) is 12.4. The monoisotopic (exact) mass is 351 g/mol. The van der Waals surface area contributed by atoms with Gasteiger partial charge in [-0.1, -0.05) is 42.0 Å². The molecule has 0 atom stereocenters. The van der Waals surface area contributed by atoms with Crippen molar-refractivity contribution in [2.75, 3.05) is 26.0 Å². The summed E-state index contributed by atoms with van der Waals surface area (Å²) in [5.74, 6) is 0.00840. The number of anilines is 1. The fourth-order valence-corrected chi connectivity index (χ4v) is 3.17. The Labute approximate surface area is 154 Å². The smallest absolute Gasteiger partial charge is 0.322 e. The van der Waals surface area contributed by atoms with Crippen LogP contribution in [0.5, 0.6) is 0 Å². The van der Waals surface area contributed by atoms with Gasteiger partial charge in [0.05, 0.1) is 6.42 Å². The Hall–Kier alpha value is -2.82. The topological polar surface area (TPSA) is 52.7 Å². The van der Waals surface area contributed by atoms with E-state index >= 15 is 0 Å². The van der Waals surface area contributed by atoms with E-state index in [0.717, 1.165) is 12.0 Å². The normalized spacial score (nSPS) is 13.1. The summed E-state index contributed by atoms with van der Waals surface area (Å²) < 4.78 is 0. The molecule has 2 aromatic carbocycles. The van der Waals surface area contributed by atoms with Crippen LogP contribution in [0.15, 0.2) is 42.5 Å². The fraction of sp³-hybridized carbons (Fsp3) is 0.333. The molecule has 2 aromatic rings. The first-order valence-corrected chi connectivity index (χ1v) is 8.86. The van der Waals surface area contributed by atoms with E-state index in [0.29, 0.717) is 18.8 Å². The van der Waals surface area contributed by atoms with Gasteiger partial charge in [-0.25, -0.2) is 4.79 Å². The van der Waals surface area contributed by atoms with Crippen molar-refractivity contribution in [2.24, 2.45) is 0 Å². The summed E-state index contributed by atoms with van der Waals surface area (Å²) in [6.45, 7) is 3.37. The first-order valence-electron chi connectivity index (χ1n) is 8.86. The number of nitrogens with zero attached hydrogens (tertiary/aromatic N) is 2. The third-order valence-electron chi connectivity index (χ3n) is 4.76. The molecule has 0 bridgehead atoms. The highest BCUT2D eigenvalue weighted by Gasteiger charge is 2.21. The Kier molecular flexibility index (Phi) is 5.26. The number of nitrogens with one attached hydrogen (secondary N) is 1. The van der Waals surface area contributed by atoms with Gasteiger partial charge in [0.2, 0.25) is 5.91 Å². The van der Waals surface area contributed by atoms with Crippen LogP contribution in [-0.4, -0.2) is 42.4 Å². The molecule has 0 aromatic heterocycles. The van der Waals surface area contributed by atoms with Gasteiger partial charge in [0.1, 0.15) is 0 Å². The first kappa shape index (κ1) is 18.0. The second kappa shape index (κ2) is 7.60. The molecule has 0 saturated heterocycles. The van der Waals surface area contributed by atoms with Crippen molar-refractivity contribution in [2.45, 2.75) is 26.3 Å². The van der Waals surface area contributed by atoms with Crippen LogP contribution in [0.2, 0.25) is 0 Å². The van der Waals surface area contributed by atoms with E-state index in [1.807, 2.05) is 29.2 Å². The summed E-state index contributed by atoms with van der Waals surface area (Å²) in [4.78, 5) is 28.2. The Morgan fingerprint density at radius 2 is 1.88 bits per heavy atom. The zero-order valence-electron chi connectivity index (χ0n) is 15.6. The number of carbonyl (C=O) groups excluding carboxylic acids is 2. The number of hydrogen-bond acceptors (Lipinski definition) is 2. The Balaban J connectivity index is 1.72. The number of hydrogen-bond donors (Lipinski definition) is 1. The molecule has 0 unspecified atom stereocenters. The van der Waals surface area contributed by atoms with E-state index in [2.05, 4.69) is 30.4 Å². The van der Waals surface area contributed by atoms with Gasteiger partial charge in [0.25, 0.3) is 0 Å². The van der Waals surface area contributed by atoms with E-state index in [-0.39, 0.29) is 18.4 Å². The number of aryl methyl sites for hydroxylation is 1. The zero-order valence-corrected chi connectivity index (χ0v) is 15.6. The molecule has 136 valence electrons. The predicted molar refractivity (Wildman–Crippen MR) is 103 cm³/mol. The fourth-order valence-electron chi connectivity index (χ4n) is 3.17. The minimum absolute atomic E-state index is 0.00840. The maximum atomic E-state index is 12.8. The quantitative estimate of drug-likeness (QED) is 0.923. The van der Waals surface area contributed by atoms with Crippen LogP contribution >= 0.6 is 0 Å². The lowest BCUT2D eigenvalue weighted by molar-refractivity contribution is -0.127. The third kappa shape index (κ3) is 4.04. The summed E-state index contributed by atoms with van der Waals surface area (Å²) >= 11 is 0. The summed E-state index contributed by atoms with van der Waals surface area (Å²) in [6, 6.07) is 13.8. The molecule has 5 heteroatoms. The molecule has 26 heavy (non-hydrogen) atoms. The van der Waals surface area contributed by atoms with E-state index in [1.54, 1.807) is 19.0 Å². The van der Waals surface area contributed by atoms with Crippen molar-refractivity contribution in [1.29, 1.82) is 0 Å². The molecular formula is C21H25N3O2. The largest absolute Gasteiger partial charge is 0.349 e. The minimum atomic E-state index is -0.123. The standard InChI is InChI=1S/C21H25N3O2/c1-15-8-9-16-10-11-24(14-18(16)12-15)21(26)22-19-7-5-4-6-17(19)13-20(25)23(2)3/h4-9,12H,10-11,13-14H2,1-3H3,(H,22,26). The van der Waals surface area contributed by atoms with Crippen molar-refractivity contribution >= 4 is 17.6 Å². The average Bonchev–Trinajstić information content (AvgIpc) is 2.62. The molecule has 0 saturated carbocycles. The number of fused-ring (bicyclic) bond motifs is 1. The van der Waals surface area contributed by atoms with Crippen LogP contribution in [0, 0.1) is 6.92 Å². The Morgan fingerprint density at radius 3 is 2.65 bits per heavy atom. The molecule has 0 aliphatic carbocycles. The van der Waals surface area contributed by atoms with Gasteiger partial charge in [0, 0.05) is 32.9 Å². The summed E-state index contributed by atoms with van der Waals surface area (Å²) in [7, 11) is 3.47. The molecule has 0 spiro atoms. The second-order valence-electron chi connectivity index (χ2n) is 7.00. The predicted octanol–water partition coefficient (Wildman–Crippen LogP) is 3.22. The molecular weight excluding hydrogens is 326 g/mol. The summed E-state index contributed by atoms with van der Waals surface area (Å²) in [5, 5.41) is 2.99. The Morgan fingerprint density at radius 1 is 1.12 bits per heavy atom. The van der Waals surface area contributed by atoms with Crippen LogP contribution in [0.3, 0.4) is 0 Å². The van der Waals surface area contributed by atoms with E-state index in [9.17, 15) is 9.59 Å². The van der Waals surface area contributed by atoms with Gasteiger partial charge in [-0.15, -0.1) is 0 Å². The molecule has 1 aliphatic rings. The highest BCUT2D eigenvalue weighted by molar-refractivity contribution is 5.91. The number of urea groups is 1. The number of likely N-dealkylation sites (N-methyl/N-ethyl adjacent to an activating group) is 1. The van der Waals surface area contributed by atoms with Gasteiger partial charge in [-0.2, -0.15) is 0 Å². The van der Waals surface area contributed by atoms with Crippen LogP contribution in [0.1, 0.15) is 22.3 Å². The third-order valence-corrected chi connectivity index (χ3v) is 4.76. The molecule has 0 fully saturated rings. The molecule has 1 N–H and O–H groups in total. The maximum Gasteiger partial charge on any atom is 0.322 e. The van der Waals surface area contributed by atoms with Gasteiger partial charge in [-0.3, -0.25) is 4.79 Å². The number of benzene rings is 2. The molecule has 0 radical (unpaired) electrons. The number of amides is 3. The summed E-state index contributed by atoms with van der Waals surface area (Å²) in [5.41, 5.74) is 5.26. The Bertz CT molecular complexity index is 830. The lowest BCUT2D eigenvalue weighted by Gasteiger charge is -2.29. The van der Waals surface area contributed by atoms with E-state index in [1.165, 1.54) is 16.7 Å². The second-order valence-corrected chi connectivity index (χ2v) is 7.00. The van der Waals surface area contributed by atoms with Gasteiger partial charge < -0.3 is 15.1 Å². The lowest BCUT2D eigenvalue weighted by atomic mass is 9.98. The lowest BCUT2D eigenvalue weighted by Crippen LogP contribution is -2.39. The average molecular weight is 351 g/mol. The SMILES string of the molecule is Cc1ccc2c(c1)CN(C(=O)Nc1ccccc1CC(=O)N(C)C)CC2. The van der Waals surface area contributed by atoms with Crippen molar-refractivity contribution in [3.8, 4) is 0 Å². The summed E-state index contributed by atoms with van der Waals surface area (Å²) in [6.07, 6.45) is 1.13. The molecule has 3 amide bonds. The van der Waals surface area contributed by atoms with Crippen LogP contribution in [0.4, 0.5) is 10.5 Å². The number of rotatable bonds is 3. The van der Waals surface area contributed by atoms with Crippen LogP contribution < -0.4 is 5.32 Å². The molecule has 5 nitrogen and oxygen atoms in total. The maximum absolute atomic E-state index is 12.8. The molecule has 1 aliphatic heterocycles. The van der Waals surface area contributed by atoms with Crippen molar-refractivity contribution < 1.29 is 9.59 Å². The highest BCUT2D eigenvalue weighted by atomic mass is 16.2.